The highest BCUT2D eigenvalue weighted by atomic mass is 35.5. The zero-order valence-corrected chi connectivity index (χ0v) is 17.6. The predicted molar refractivity (Wildman–Crippen MR) is 114 cm³/mol. The molecule has 0 saturated carbocycles. The first kappa shape index (κ1) is 21.2. The molecular formula is C21H21Cl2F2N3O2. The second-order valence-corrected chi connectivity index (χ2v) is 8.62. The van der Waals surface area contributed by atoms with E-state index in [-0.39, 0.29) is 29.6 Å². The number of nitrogens with zero attached hydrogens (tertiary/aromatic N) is 1. The summed E-state index contributed by atoms with van der Waals surface area (Å²) in [6.07, 6.45) is 1.96. The molecule has 0 aromatic heterocycles. The third kappa shape index (κ3) is 4.19. The van der Waals surface area contributed by atoms with Gasteiger partial charge in [-0.25, -0.2) is 8.78 Å². The Morgan fingerprint density at radius 1 is 1.10 bits per heavy atom. The number of benzene rings is 2. The van der Waals surface area contributed by atoms with E-state index in [1.54, 1.807) is 6.07 Å². The standard InChI is InChI=1S/C21H21Cl2F2N3O2/c22-13-10-17(14(23)9-16(13)25)28-7-5-21(26,6-8-28)11-30-18-3-2-15(24)20-12(18)1-4-19(29)27-20/h2-3,9-10H,1,4-8,11,26H2,(H,27,29). The number of halogens is 4. The van der Waals surface area contributed by atoms with Crippen molar-refractivity contribution >= 4 is 40.5 Å². The molecular weight excluding hydrogens is 435 g/mol. The van der Waals surface area contributed by atoms with E-state index in [0.717, 1.165) is 0 Å². The molecule has 0 bridgehead atoms. The number of carbonyl (C=O) groups excluding carboxylic acids is 1. The summed E-state index contributed by atoms with van der Waals surface area (Å²) in [5.74, 6) is -0.702. The van der Waals surface area contributed by atoms with Crippen LogP contribution in [0, 0.1) is 11.6 Å². The van der Waals surface area contributed by atoms with Crippen LogP contribution in [0.4, 0.5) is 20.2 Å². The van der Waals surface area contributed by atoms with Gasteiger partial charge in [-0.15, -0.1) is 0 Å². The van der Waals surface area contributed by atoms with Crippen LogP contribution in [-0.4, -0.2) is 31.1 Å². The molecule has 4 rings (SSSR count). The molecule has 2 heterocycles. The monoisotopic (exact) mass is 455 g/mol. The van der Waals surface area contributed by atoms with Gasteiger partial charge in [-0.05, 0) is 43.5 Å². The average molecular weight is 456 g/mol. The predicted octanol–water partition coefficient (Wildman–Crippen LogP) is 4.53. The number of fused-ring (bicyclic) bond motifs is 1. The van der Waals surface area contributed by atoms with Gasteiger partial charge in [0.15, 0.2) is 0 Å². The number of ether oxygens (including phenoxy) is 1. The van der Waals surface area contributed by atoms with Gasteiger partial charge in [-0.2, -0.15) is 0 Å². The van der Waals surface area contributed by atoms with Gasteiger partial charge < -0.3 is 20.7 Å². The number of nitrogens with one attached hydrogen (secondary N) is 1. The second kappa shape index (κ2) is 8.21. The van der Waals surface area contributed by atoms with Crippen LogP contribution in [0.2, 0.25) is 10.0 Å². The Morgan fingerprint density at radius 3 is 2.57 bits per heavy atom. The van der Waals surface area contributed by atoms with E-state index in [0.29, 0.717) is 54.4 Å². The summed E-state index contributed by atoms with van der Waals surface area (Å²) in [5, 5.41) is 2.90. The van der Waals surface area contributed by atoms with Crippen molar-refractivity contribution in [3.05, 3.63) is 51.5 Å². The van der Waals surface area contributed by atoms with Crippen molar-refractivity contribution in [3.8, 4) is 5.75 Å². The number of nitrogens with two attached hydrogens (primary N) is 1. The first-order valence-corrected chi connectivity index (χ1v) is 10.4. The maximum absolute atomic E-state index is 14.0. The van der Waals surface area contributed by atoms with Crippen molar-refractivity contribution < 1.29 is 18.3 Å². The molecule has 2 aliphatic heterocycles. The van der Waals surface area contributed by atoms with E-state index < -0.39 is 17.2 Å². The minimum atomic E-state index is -0.577. The molecule has 1 saturated heterocycles. The quantitative estimate of drug-likeness (QED) is 0.664. The molecule has 0 radical (unpaired) electrons. The Labute approximate surface area is 183 Å². The molecule has 2 aliphatic rings. The SMILES string of the molecule is NC1(COc2ccc(F)c3c2CCC(=O)N3)CCN(c2cc(Cl)c(F)cc2Cl)CC1. The van der Waals surface area contributed by atoms with Gasteiger partial charge >= 0.3 is 0 Å². The molecule has 3 N–H and O–H groups in total. The Balaban J connectivity index is 1.42. The highest BCUT2D eigenvalue weighted by Crippen LogP contribution is 2.36. The molecule has 2 aromatic carbocycles. The van der Waals surface area contributed by atoms with E-state index in [1.807, 2.05) is 4.90 Å². The van der Waals surface area contributed by atoms with E-state index in [2.05, 4.69) is 5.32 Å². The molecule has 2 aromatic rings. The van der Waals surface area contributed by atoms with Crippen LogP contribution in [0.5, 0.6) is 5.75 Å². The molecule has 1 amide bonds. The van der Waals surface area contributed by atoms with Gasteiger partial charge in [0.1, 0.15) is 24.0 Å². The van der Waals surface area contributed by atoms with Crippen LogP contribution in [0.1, 0.15) is 24.8 Å². The molecule has 0 unspecified atom stereocenters. The van der Waals surface area contributed by atoms with Gasteiger partial charge in [0.2, 0.25) is 5.91 Å². The zero-order valence-electron chi connectivity index (χ0n) is 16.1. The van der Waals surface area contributed by atoms with E-state index in [9.17, 15) is 13.6 Å². The molecule has 0 atom stereocenters. The summed E-state index contributed by atoms with van der Waals surface area (Å²) >= 11 is 12.1. The van der Waals surface area contributed by atoms with Crippen molar-refractivity contribution in [2.24, 2.45) is 5.73 Å². The van der Waals surface area contributed by atoms with E-state index >= 15 is 0 Å². The zero-order chi connectivity index (χ0) is 21.5. The summed E-state index contributed by atoms with van der Waals surface area (Å²) in [7, 11) is 0. The van der Waals surface area contributed by atoms with Crippen LogP contribution < -0.4 is 20.7 Å². The van der Waals surface area contributed by atoms with Crippen LogP contribution in [0.15, 0.2) is 24.3 Å². The van der Waals surface area contributed by atoms with Crippen molar-refractivity contribution in [2.75, 3.05) is 29.9 Å². The van der Waals surface area contributed by atoms with E-state index in [1.165, 1.54) is 18.2 Å². The normalized spacial score (nSPS) is 18.0. The van der Waals surface area contributed by atoms with Crippen molar-refractivity contribution in [1.29, 1.82) is 0 Å². The first-order valence-electron chi connectivity index (χ1n) is 9.68. The van der Waals surface area contributed by atoms with Crippen LogP contribution in [0.25, 0.3) is 0 Å². The number of amides is 1. The Hall–Kier alpha value is -2.09. The van der Waals surface area contributed by atoms with Gasteiger partial charge in [0, 0.05) is 25.1 Å². The van der Waals surface area contributed by atoms with Crippen molar-refractivity contribution in [2.45, 2.75) is 31.2 Å². The minimum absolute atomic E-state index is 0.0236. The topological polar surface area (TPSA) is 67.6 Å². The number of rotatable bonds is 4. The highest BCUT2D eigenvalue weighted by Gasteiger charge is 2.33. The maximum Gasteiger partial charge on any atom is 0.224 e. The fourth-order valence-corrected chi connectivity index (χ4v) is 4.30. The second-order valence-electron chi connectivity index (χ2n) is 7.80. The molecule has 5 nitrogen and oxygen atoms in total. The van der Waals surface area contributed by atoms with Crippen molar-refractivity contribution in [1.82, 2.24) is 0 Å². The van der Waals surface area contributed by atoms with Crippen molar-refractivity contribution in [3.63, 3.8) is 0 Å². The number of anilines is 2. The lowest BCUT2D eigenvalue weighted by Gasteiger charge is -2.40. The van der Waals surface area contributed by atoms with Crippen LogP contribution >= 0.6 is 23.2 Å². The number of hydrogen-bond acceptors (Lipinski definition) is 4. The summed E-state index contributed by atoms with van der Waals surface area (Å²) in [6, 6.07) is 5.59. The molecule has 9 heteroatoms. The number of hydrogen-bond donors (Lipinski definition) is 2. The summed E-state index contributed by atoms with van der Waals surface area (Å²) in [4.78, 5) is 13.6. The molecule has 1 fully saturated rings. The smallest absolute Gasteiger partial charge is 0.224 e. The van der Waals surface area contributed by atoms with E-state index in [4.69, 9.17) is 33.7 Å². The number of piperidine rings is 1. The Morgan fingerprint density at radius 2 is 1.83 bits per heavy atom. The average Bonchev–Trinajstić information content (AvgIpc) is 2.71. The van der Waals surface area contributed by atoms with Crippen LogP contribution in [0.3, 0.4) is 0 Å². The Bertz CT molecular complexity index is 995. The molecule has 160 valence electrons. The third-order valence-corrected chi connectivity index (χ3v) is 6.28. The number of carbonyl (C=O) groups is 1. The van der Waals surface area contributed by atoms with Gasteiger partial charge in [-0.1, -0.05) is 23.2 Å². The largest absolute Gasteiger partial charge is 0.491 e. The summed E-state index contributed by atoms with van der Waals surface area (Å²) in [5.41, 5.74) is 7.49. The molecule has 0 aliphatic carbocycles. The first-order chi connectivity index (χ1) is 14.3. The maximum atomic E-state index is 14.0. The van der Waals surface area contributed by atoms with Gasteiger partial charge in [0.25, 0.3) is 0 Å². The minimum Gasteiger partial charge on any atom is -0.491 e. The lowest BCUT2D eigenvalue weighted by molar-refractivity contribution is -0.116. The third-order valence-electron chi connectivity index (χ3n) is 5.69. The van der Waals surface area contributed by atoms with Gasteiger partial charge in [0.05, 0.1) is 27.0 Å². The summed E-state index contributed by atoms with van der Waals surface area (Å²) < 4.78 is 33.6. The Kier molecular flexibility index (Phi) is 5.79. The van der Waals surface area contributed by atoms with Crippen LogP contribution in [-0.2, 0) is 11.2 Å². The highest BCUT2D eigenvalue weighted by molar-refractivity contribution is 6.35. The fraction of sp³-hybridized carbons (Fsp3) is 0.381. The van der Waals surface area contributed by atoms with Gasteiger partial charge in [-0.3, -0.25) is 4.79 Å². The lowest BCUT2D eigenvalue weighted by atomic mass is 9.89. The molecule has 0 spiro atoms. The lowest BCUT2D eigenvalue weighted by Crippen LogP contribution is -2.54. The molecule has 30 heavy (non-hydrogen) atoms. The fourth-order valence-electron chi connectivity index (χ4n) is 3.87. The summed E-state index contributed by atoms with van der Waals surface area (Å²) in [6.45, 7) is 1.48.